The average Bonchev–Trinajstić information content (AvgIpc) is 3.28. The van der Waals surface area contributed by atoms with Crippen LogP contribution in [0.25, 0.3) is 17.1 Å². The lowest BCUT2D eigenvalue weighted by atomic mass is 10.2. The molecule has 0 aliphatic rings. The van der Waals surface area contributed by atoms with E-state index in [4.69, 9.17) is 16.3 Å². The Morgan fingerprint density at radius 1 is 1.12 bits per heavy atom. The van der Waals surface area contributed by atoms with E-state index in [1.54, 1.807) is 18.2 Å². The molecular weight excluding hydrogens is 470 g/mol. The van der Waals surface area contributed by atoms with E-state index in [0.717, 1.165) is 17.0 Å². The quantitative estimate of drug-likeness (QED) is 0.324. The number of halogens is 1. The molecule has 0 aliphatic carbocycles. The number of hydrogen-bond acceptors (Lipinski definition) is 6. The first-order valence-electron chi connectivity index (χ1n) is 10.5. The number of nitrogens with zero attached hydrogens (tertiary/aromatic N) is 4. The second kappa shape index (κ2) is 10.9. The highest BCUT2D eigenvalue weighted by atomic mass is 35.5. The highest BCUT2D eigenvalue weighted by Gasteiger charge is 2.18. The van der Waals surface area contributed by atoms with Crippen molar-refractivity contribution < 1.29 is 9.53 Å². The van der Waals surface area contributed by atoms with E-state index in [2.05, 4.69) is 21.6 Å². The first-order valence-corrected chi connectivity index (χ1v) is 11.8. The van der Waals surface area contributed by atoms with Crippen LogP contribution in [0, 0.1) is 11.3 Å². The predicted molar refractivity (Wildman–Crippen MR) is 133 cm³/mol. The summed E-state index contributed by atoms with van der Waals surface area (Å²) in [5.41, 5.74) is 2.46. The summed E-state index contributed by atoms with van der Waals surface area (Å²) in [4.78, 5) is 12.6. The number of carbonyl (C=O) groups is 1. The third kappa shape index (κ3) is 5.39. The van der Waals surface area contributed by atoms with Crippen LogP contribution in [0.15, 0.2) is 78.0 Å². The maximum Gasteiger partial charge on any atom is 0.234 e. The van der Waals surface area contributed by atoms with E-state index in [1.807, 2.05) is 66.1 Å². The fraction of sp³-hybridized carbons (Fsp3) is 0.120. The van der Waals surface area contributed by atoms with Gasteiger partial charge in [0.25, 0.3) is 0 Å². The number of thioether (sulfide) groups is 1. The van der Waals surface area contributed by atoms with E-state index >= 15 is 0 Å². The second-order valence-electron chi connectivity index (χ2n) is 7.07. The van der Waals surface area contributed by atoms with Crippen LogP contribution in [-0.2, 0) is 4.79 Å². The molecule has 7 nitrogen and oxygen atoms in total. The smallest absolute Gasteiger partial charge is 0.234 e. The van der Waals surface area contributed by atoms with Crippen molar-refractivity contribution in [3.8, 4) is 28.9 Å². The maximum absolute atomic E-state index is 12.6. The molecule has 0 radical (unpaired) electrons. The Bertz CT molecular complexity index is 1330. The molecule has 0 aliphatic heterocycles. The zero-order valence-electron chi connectivity index (χ0n) is 18.2. The molecule has 4 rings (SSSR count). The highest BCUT2D eigenvalue weighted by molar-refractivity contribution is 7.99. The van der Waals surface area contributed by atoms with Crippen molar-refractivity contribution in [2.75, 3.05) is 17.7 Å². The van der Waals surface area contributed by atoms with Gasteiger partial charge in [0, 0.05) is 16.3 Å². The Kier molecular flexibility index (Phi) is 7.48. The summed E-state index contributed by atoms with van der Waals surface area (Å²) >= 11 is 7.26. The van der Waals surface area contributed by atoms with E-state index in [1.165, 1.54) is 11.8 Å². The van der Waals surface area contributed by atoms with Crippen LogP contribution in [0.1, 0.15) is 12.5 Å². The van der Waals surface area contributed by atoms with Gasteiger partial charge in [-0.2, -0.15) is 5.26 Å². The molecule has 0 bridgehead atoms. The standard InChI is InChI=1S/C25H20ClN5O2S/c1-2-33-21-12-10-20(11-13-21)31-24(17-6-4-3-5-7-17)29-30-25(31)34-16-23(32)28-22-14-19(26)9-8-18(22)15-27/h3-14H,2,16H2,1H3,(H,28,32). The first-order chi connectivity index (χ1) is 16.6. The number of carbonyl (C=O) groups excluding carboxylic acids is 1. The monoisotopic (exact) mass is 489 g/mol. The van der Waals surface area contributed by atoms with Crippen molar-refractivity contribution in [2.24, 2.45) is 0 Å². The molecule has 9 heteroatoms. The van der Waals surface area contributed by atoms with Gasteiger partial charge in [0.2, 0.25) is 5.91 Å². The molecule has 0 atom stereocenters. The number of anilines is 1. The molecule has 1 heterocycles. The van der Waals surface area contributed by atoms with Gasteiger partial charge < -0.3 is 10.1 Å². The molecule has 0 unspecified atom stereocenters. The molecule has 4 aromatic rings. The Balaban J connectivity index is 1.59. The third-order valence-corrected chi connectivity index (χ3v) is 5.94. The zero-order valence-corrected chi connectivity index (χ0v) is 19.8. The minimum absolute atomic E-state index is 0.0708. The molecule has 0 fully saturated rings. The topological polar surface area (TPSA) is 92.8 Å². The zero-order chi connectivity index (χ0) is 23.9. The Hall–Kier alpha value is -3.80. The van der Waals surface area contributed by atoms with Crippen LogP contribution in [-0.4, -0.2) is 33.0 Å². The van der Waals surface area contributed by atoms with Gasteiger partial charge in [-0.1, -0.05) is 53.7 Å². The minimum Gasteiger partial charge on any atom is -0.494 e. The lowest BCUT2D eigenvalue weighted by Gasteiger charge is -2.12. The molecule has 1 N–H and O–H groups in total. The van der Waals surface area contributed by atoms with Crippen LogP contribution in [0.2, 0.25) is 5.02 Å². The Labute approximate surface area is 206 Å². The van der Waals surface area contributed by atoms with Crippen LogP contribution in [0.4, 0.5) is 5.69 Å². The van der Waals surface area contributed by atoms with Crippen molar-refractivity contribution in [3.63, 3.8) is 0 Å². The van der Waals surface area contributed by atoms with Crippen LogP contribution in [0.5, 0.6) is 5.75 Å². The number of hydrogen-bond donors (Lipinski definition) is 1. The average molecular weight is 490 g/mol. The maximum atomic E-state index is 12.6. The molecule has 1 aromatic heterocycles. The predicted octanol–water partition coefficient (Wildman–Crippen LogP) is 5.59. The summed E-state index contributed by atoms with van der Waals surface area (Å²) in [6, 6.07) is 24.1. The lowest BCUT2D eigenvalue weighted by Crippen LogP contribution is -2.15. The van der Waals surface area contributed by atoms with Gasteiger partial charge in [-0.15, -0.1) is 10.2 Å². The molecule has 0 saturated heterocycles. The van der Waals surface area contributed by atoms with Crippen molar-refractivity contribution in [3.05, 3.63) is 83.4 Å². The summed E-state index contributed by atoms with van der Waals surface area (Å²) in [6.45, 7) is 2.52. The number of nitrogens with one attached hydrogen (secondary N) is 1. The van der Waals surface area contributed by atoms with Gasteiger partial charge in [-0.25, -0.2) is 0 Å². The van der Waals surface area contributed by atoms with Crippen LogP contribution in [0.3, 0.4) is 0 Å². The SMILES string of the molecule is CCOc1ccc(-n2c(SCC(=O)Nc3cc(Cl)ccc3C#N)nnc2-c2ccccc2)cc1. The van der Waals surface area contributed by atoms with E-state index in [0.29, 0.717) is 33.9 Å². The van der Waals surface area contributed by atoms with Gasteiger partial charge in [0.05, 0.1) is 23.6 Å². The molecule has 0 spiro atoms. The van der Waals surface area contributed by atoms with Crippen LogP contribution < -0.4 is 10.1 Å². The normalized spacial score (nSPS) is 10.5. The van der Waals surface area contributed by atoms with Crippen molar-refractivity contribution in [1.29, 1.82) is 5.26 Å². The largest absolute Gasteiger partial charge is 0.494 e. The third-order valence-electron chi connectivity index (χ3n) is 4.78. The second-order valence-corrected chi connectivity index (χ2v) is 8.45. The van der Waals surface area contributed by atoms with Crippen molar-refractivity contribution >= 4 is 35.0 Å². The highest BCUT2D eigenvalue weighted by Crippen LogP contribution is 2.29. The van der Waals surface area contributed by atoms with E-state index in [-0.39, 0.29) is 11.7 Å². The van der Waals surface area contributed by atoms with Crippen molar-refractivity contribution in [1.82, 2.24) is 14.8 Å². The summed E-state index contributed by atoms with van der Waals surface area (Å²) in [5.74, 6) is 1.21. The molecule has 0 saturated carbocycles. The molecule has 170 valence electrons. The Morgan fingerprint density at radius 3 is 2.59 bits per heavy atom. The number of aromatic nitrogens is 3. The van der Waals surface area contributed by atoms with Gasteiger partial charge in [-0.05, 0) is 49.4 Å². The number of benzene rings is 3. The van der Waals surface area contributed by atoms with Gasteiger partial charge in [-0.3, -0.25) is 9.36 Å². The van der Waals surface area contributed by atoms with Crippen LogP contribution >= 0.6 is 23.4 Å². The summed E-state index contributed by atoms with van der Waals surface area (Å²) in [6.07, 6.45) is 0. The molecule has 1 amide bonds. The lowest BCUT2D eigenvalue weighted by molar-refractivity contribution is -0.113. The van der Waals surface area contributed by atoms with Gasteiger partial charge in [0.1, 0.15) is 11.8 Å². The van der Waals surface area contributed by atoms with E-state index in [9.17, 15) is 10.1 Å². The van der Waals surface area contributed by atoms with Gasteiger partial charge >= 0.3 is 0 Å². The number of rotatable bonds is 8. The number of ether oxygens (including phenoxy) is 1. The molecule has 3 aromatic carbocycles. The summed E-state index contributed by atoms with van der Waals surface area (Å²) in [7, 11) is 0. The van der Waals surface area contributed by atoms with E-state index < -0.39 is 0 Å². The summed E-state index contributed by atoms with van der Waals surface area (Å²) < 4.78 is 7.46. The molecular formula is C25H20ClN5O2S. The number of nitriles is 1. The molecule has 34 heavy (non-hydrogen) atoms. The minimum atomic E-state index is -0.286. The first kappa shape index (κ1) is 23.4. The van der Waals surface area contributed by atoms with Gasteiger partial charge in [0.15, 0.2) is 11.0 Å². The van der Waals surface area contributed by atoms with Crippen molar-refractivity contribution in [2.45, 2.75) is 12.1 Å². The fourth-order valence-corrected chi connectivity index (χ4v) is 4.19. The Morgan fingerprint density at radius 2 is 1.88 bits per heavy atom. The fourth-order valence-electron chi connectivity index (χ4n) is 3.26. The summed E-state index contributed by atoms with van der Waals surface area (Å²) in [5, 5.41) is 21.8. The number of amides is 1.